The fourth-order valence-electron chi connectivity index (χ4n) is 2.46. The maximum Gasteiger partial charge on any atom is 0.267 e. The van der Waals surface area contributed by atoms with E-state index in [-0.39, 0.29) is 5.91 Å². The minimum Gasteiger partial charge on any atom is -0.329 e. The minimum absolute atomic E-state index is 0.127. The summed E-state index contributed by atoms with van der Waals surface area (Å²) in [5, 5.41) is 6.78. The van der Waals surface area contributed by atoms with E-state index in [1.54, 1.807) is 29.3 Å². The first-order chi connectivity index (χ1) is 13.1. The lowest BCUT2D eigenvalue weighted by molar-refractivity contribution is 0.103. The van der Waals surface area contributed by atoms with Crippen molar-refractivity contribution in [2.24, 2.45) is 7.05 Å². The first kappa shape index (κ1) is 18.0. The third-order valence-electron chi connectivity index (χ3n) is 3.83. The van der Waals surface area contributed by atoms with E-state index in [2.05, 4.69) is 15.3 Å². The van der Waals surface area contributed by atoms with Crippen molar-refractivity contribution in [2.45, 2.75) is 17.0 Å². The Morgan fingerprint density at radius 3 is 2.70 bits per heavy atom. The van der Waals surface area contributed by atoms with Gasteiger partial charge < -0.3 is 9.88 Å². The summed E-state index contributed by atoms with van der Waals surface area (Å²) in [4.78, 5) is 24.3. The highest BCUT2D eigenvalue weighted by molar-refractivity contribution is 7.99. The van der Waals surface area contributed by atoms with Crippen LogP contribution >= 0.6 is 34.4 Å². The van der Waals surface area contributed by atoms with Gasteiger partial charge in [-0.2, -0.15) is 0 Å². The predicted molar refractivity (Wildman–Crippen MR) is 112 cm³/mol. The molecule has 1 N–H and O–H groups in total. The lowest BCUT2D eigenvalue weighted by Gasteiger charge is -2.06. The molecule has 0 aliphatic rings. The van der Waals surface area contributed by atoms with E-state index in [1.165, 1.54) is 11.3 Å². The molecule has 0 radical (unpaired) electrons. The molecule has 0 unspecified atom stereocenters. The molecule has 136 valence electrons. The summed E-state index contributed by atoms with van der Waals surface area (Å²) in [6, 6.07) is 11.8. The van der Waals surface area contributed by atoms with Crippen LogP contribution in [-0.2, 0) is 7.05 Å². The van der Waals surface area contributed by atoms with Crippen LogP contribution in [0.3, 0.4) is 0 Å². The molecule has 1 aromatic carbocycles. The Morgan fingerprint density at radius 2 is 2.04 bits per heavy atom. The molecule has 8 heteroatoms. The van der Waals surface area contributed by atoms with E-state index in [1.807, 2.05) is 66.5 Å². The summed E-state index contributed by atoms with van der Waals surface area (Å²) in [6.07, 6.45) is 3.69. The maximum absolute atomic E-state index is 12.6. The van der Waals surface area contributed by atoms with Crippen LogP contribution < -0.4 is 5.32 Å². The SMILES string of the molecule is Cc1nc(-c2cccs2)sc1C(=O)Nc1ccc(Sc2nccn2C)cc1. The molecule has 5 nitrogen and oxygen atoms in total. The van der Waals surface area contributed by atoms with Crippen molar-refractivity contribution in [2.75, 3.05) is 5.32 Å². The number of hydrogen-bond donors (Lipinski definition) is 1. The number of anilines is 1. The molecule has 0 saturated heterocycles. The van der Waals surface area contributed by atoms with Crippen LogP contribution in [0.15, 0.2) is 64.2 Å². The van der Waals surface area contributed by atoms with E-state index in [9.17, 15) is 4.79 Å². The normalized spacial score (nSPS) is 10.9. The standard InChI is InChI=1S/C19H16N4OS3/c1-12-16(27-18(21-12)15-4-3-11-25-15)17(24)22-13-5-7-14(8-6-13)26-19-20-9-10-23(19)2/h3-11H,1-2H3,(H,22,24). The van der Waals surface area contributed by atoms with E-state index in [0.717, 1.165) is 31.3 Å². The fraction of sp³-hybridized carbons (Fsp3) is 0.105. The predicted octanol–water partition coefficient (Wildman–Crippen LogP) is 5.32. The lowest BCUT2D eigenvalue weighted by atomic mass is 10.3. The van der Waals surface area contributed by atoms with Crippen molar-refractivity contribution in [3.8, 4) is 9.88 Å². The zero-order valence-corrected chi connectivity index (χ0v) is 17.1. The number of amides is 1. The summed E-state index contributed by atoms with van der Waals surface area (Å²) < 4.78 is 1.97. The van der Waals surface area contributed by atoms with Crippen LogP contribution in [0.4, 0.5) is 5.69 Å². The molecular formula is C19H16N4OS3. The van der Waals surface area contributed by atoms with E-state index in [4.69, 9.17) is 0 Å². The van der Waals surface area contributed by atoms with Gasteiger partial charge in [-0.3, -0.25) is 4.79 Å². The van der Waals surface area contributed by atoms with Crippen LogP contribution in [0.25, 0.3) is 9.88 Å². The summed E-state index contributed by atoms with van der Waals surface area (Å²) >= 11 is 4.63. The van der Waals surface area contributed by atoms with Gasteiger partial charge >= 0.3 is 0 Å². The number of nitrogens with zero attached hydrogens (tertiary/aromatic N) is 3. The third kappa shape index (κ3) is 3.97. The van der Waals surface area contributed by atoms with Gasteiger partial charge in [-0.25, -0.2) is 9.97 Å². The number of carbonyl (C=O) groups is 1. The van der Waals surface area contributed by atoms with Crippen molar-refractivity contribution < 1.29 is 4.79 Å². The molecule has 0 aliphatic heterocycles. The van der Waals surface area contributed by atoms with E-state index < -0.39 is 0 Å². The summed E-state index contributed by atoms with van der Waals surface area (Å²) in [6.45, 7) is 1.87. The topological polar surface area (TPSA) is 59.8 Å². The zero-order valence-electron chi connectivity index (χ0n) is 14.7. The molecule has 3 aromatic heterocycles. The molecule has 0 fully saturated rings. The van der Waals surface area contributed by atoms with Gasteiger partial charge in [0.2, 0.25) is 0 Å². The molecule has 4 rings (SSSR count). The molecule has 0 saturated carbocycles. The van der Waals surface area contributed by atoms with Crippen molar-refractivity contribution in [3.05, 3.63) is 64.7 Å². The molecular weight excluding hydrogens is 396 g/mol. The highest BCUT2D eigenvalue weighted by atomic mass is 32.2. The Labute approximate surface area is 169 Å². The number of nitrogens with one attached hydrogen (secondary N) is 1. The molecule has 0 bridgehead atoms. The first-order valence-electron chi connectivity index (χ1n) is 8.18. The van der Waals surface area contributed by atoms with Gasteiger partial charge in [0, 0.05) is 30.0 Å². The summed E-state index contributed by atoms with van der Waals surface area (Å²) in [5.41, 5.74) is 1.51. The molecule has 0 aliphatic carbocycles. The molecule has 0 atom stereocenters. The molecule has 1 amide bonds. The van der Waals surface area contributed by atoms with Crippen LogP contribution in [0.1, 0.15) is 15.4 Å². The van der Waals surface area contributed by atoms with Crippen molar-refractivity contribution in [3.63, 3.8) is 0 Å². The van der Waals surface area contributed by atoms with Crippen molar-refractivity contribution >= 4 is 46.0 Å². The summed E-state index contributed by atoms with van der Waals surface area (Å²) in [5.74, 6) is -0.127. The maximum atomic E-state index is 12.6. The quantitative estimate of drug-likeness (QED) is 0.482. The van der Waals surface area contributed by atoms with Crippen LogP contribution in [0.2, 0.25) is 0 Å². The fourth-order valence-corrected chi connectivity index (χ4v) is 5.02. The third-order valence-corrected chi connectivity index (χ3v) is 7.11. The van der Waals surface area contributed by atoms with Gasteiger partial charge in [0.1, 0.15) is 9.88 Å². The second-order valence-electron chi connectivity index (χ2n) is 5.81. The van der Waals surface area contributed by atoms with Gasteiger partial charge in [0.05, 0.1) is 10.6 Å². The number of imidazole rings is 1. The minimum atomic E-state index is -0.127. The molecule has 3 heterocycles. The Balaban J connectivity index is 1.46. The van der Waals surface area contributed by atoms with Crippen LogP contribution in [0.5, 0.6) is 0 Å². The van der Waals surface area contributed by atoms with Gasteiger partial charge in [0.15, 0.2) is 5.16 Å². The molecule has 4 aromatic rings. The van der Waals surface area contributed by atoms with Gasteiger partial charge in [-0.15, -0.1) is 22.7 Å². The summed E-state index contributed by atoms with van der Waals surface area (Å²) in [7, 11) is 1.96. The largest absolute Gasteiger partial charge is 0.329 e. The number of thiazole rings is 1. The first-order valence-corrected chi connectivity index (χ1v) is 10.7. The number of carbonyl (C=O) groups excluding carboxylic acids is 1. The zero-order chi connectivity index (χ0) is 18.8. The average molecular weight is 413 g/mol. The number of rotatable bonds is 5. The van der Waals surface area contributed by atoms with Crippen LogP contribution in [0, 0.1) is 6.92 Å². The van der Waals surface area contributed by atoms with Crippen molar-refractivity contribution in [1.29, 1.82) is 0 Å². The van der Waals surface area contributed by atoms with Crippen molar-refractivity contribution in [1.82, 2.24) is 14.5 Å². The Morgan fingerprint density at radius 1 is 1.22 bits per heavy atom. The van der Waals surface area contributed by atoms with Gasteiger partial charge in [-0.1, -0.05) is 17.8 Å². The Kier molecular flexibility index (Phi) is 5.11. The smallest absolute Gasteiger partial charge is 0.267 e. The highest BCUT2D eigenvalue weighted by Crippen LogP contribution is 2.32. The van der Waals surface area contributed by atoms with Gasteiger partial charge in [0.25, 0.3) is 5.91 Å². The lowest BCUT2D eigenvalue weighted by Crippen LogP contribution is -2.11. The second-order valence-corrected chi connectivity index (χ2v) is 8.80. The van der Waals surface area contributed by atoms with Gasteiger partial charge in [-0.05, 0) is 42.6 Å². The number of aryl methyl sites for hydroxylation is 2. The Bertz CT molecular complexity index is 1070. The average Bonchev–Trinajstić information content (AvgIpc) is 3.39. The second kappa shape index (κ2) is 7.67. The number of hydrogen-bond acceptors (Lipinski definition) is 6. The number of thiophene rings is 1. The van der Waals surface area contributed by atoms with Crippen LogP contribution in [-0.4, -0.2) is 20.4 Å². The molecule has 27 heavy (non-hydrogen) atoms. The van der Waals surface area contributed by atoms with E-state index in [0.29, 0.717) is 4.88 Å². The number of benzene rings is 1. The number of aromatic nitrogens is 3. The van der Waals surface area contributed by atoms with E-state index >= 15 is 0 Å². The molecule has 0 spiro atoms. The highest BCUT2D eigenvalue weighted by Gasteiger charge is 2.17. The monoisotopic (exact) mass is 412 g/mol. The Hall–Kier alpha value is -2.42.